The molecule has 4 amide bonds. The van der Waals surface area contributed by atoms with E-state index in [2.05, 4.69) is 37.0 Å². The number of nitrogens with zero attached hydrogens (tertiary/aromatic N) is 12. The normalized spacial score (nSPS) is 22.8. The number of aromatic nitrogens is 3. The molecule has 31 heteroatoms. The largest absolute Gasteiger partial charge is 0.510 e. The number of amidine groups is 2. The average molecular weight is 1380 g/mol. The SMILES string of the molecule is C=C(O)C1CN(c2csc(N3C[C@@H]4CN(CC5=C(C(=O)OC)[C@H](c6ccc(F)cc6Cl)N=C(c6nccs6)N5)CCN4C3=O)n2)CCO1.COC(=O)C1=C(CN2CCN3C(=O)N(c4ccc(C5(C(=O)O)CC5)cc4)C[C@@H]3C2)NC(c2nccs2)=N[C@H]1c1ccc(F)cc1Cl. The number of benzene rings is 3. The lowest BCUT2D eigenvalue weighted by atomic mass is 9.95. The lowest BCUT2D eigenvalue weighted by molar-refractivity contribution is -0.140. The summed E-state index contributed by atoms with van der Waals surface area (Å²) in [4.78, 5) is 102. The lowest BCUT2D eigenvalue weighted by Crippen LogP contribution is -2.53. The van der Waals surface area contributed by atoms with Crippen LogP contribution in [0.5, 0.6) is 0 Å². The molecule has 1 unspecified atom stereocenters. The van der Waals surface area contributed by atoms with Crippen molar-refractivity contribution in [2.24, 2.45) is 9.98 Å². The number of aliphatic hydroxyl groups excluding tert-OH is 1. The highest BCUT2D eigenvalue weighted by molar-refractivity contribution is 7.14. The number of carboxylic acids is 1. The minimum Gasteiger partial charge on any atom is -0.510 e. The van der Waals surface area contributed by atoms with Crippen LogP contribution < -0.4 is 25.3 Å². The number of ether oxygens (including phenoxy) is 3. The number of thiazole rings is 3. The van der Waals surface area contributed by atoms with Crippen molar-refractivity contribution in [3.63, 3.8) is 0 Å². The van der Waals surface area contributed by atoms with E-state index in [1.807, 2.05) is 55.1 Å². The molecule has 6 fully saturated rings. The molecule has 3 aromatic heterocycles. The summed E-state index contributed by atoms with van der Waals surface area (Å²) in [6, 6.07) is 13.2. The van der Waals surface area contributed by atoms with Crippen LogP contribution in [-0.2, 0) is 34.0 Å². The molecule has 8 aliphatic rings. The molecule has 94 heavy (non-hydrogen) atoms. The summed E-state index contributed by atoms with van der Waals surface area (Å²) in [6.45, 7) is 9.85. The lowest BCUT2D eigenvalue weighted by Gasteiger charge is -2.38. The molecule has 5 atom stereocenters. The van der Waals surface area contributed by atoms with Crippen molar-refractivity contribution in [1.29, 1.82) is 0 Å². The number of aliphatic hydroxyl groups is 1. The third-order valence-corrected chi connectivity index (χ3v) is 20.9. The van der Waals surface area contributed by atoms with E-state index in [-0.39, 0.29) is 51.1 Å². The number of methoxy groups -OCH3 is 2. The van der Waals surface area contributed by atoms with Gasteiger partial charge in [-0.05, 0) is 54.8 Å². The number of esters is 2. The first-order chi connectivity index (χ1) is 45.4. The first-order valence-corrected chi connectivity index (χ1v) is 33.4. The van der Waals surface area contributed by atoms with Gasteiger partial charge in [0.1, 0.15) is 41.4 Å². The van der Waals surface area contributed by atoms with Crippen LogP contribution in [0.4, 0.5) is 35.0 Å². The molecule has 6 aromatic rings. The van der Waals surface area contributed by atoms with Crippen molar-refractivity contribution in [2.75, 3.05) is 114 Å². The van der Waals surface area contributed by atoms with Crippen molar-refractivity contribution in [1.82, 2.24) is 45.2 Å². The van der Waals surface area contributed by atoms with Crippen LogP contribution in [-0.4, -0.2) is 204 Å². The number of hydrogen-bond donors (Lipinski definition) is 4. The molecule has 10 heterocycles. The van der Waals surface area contributed by atoms with Crippen LogP contribution in [0.25, 0.3) is 0 Å². The number of aliphatic imine (C=N–C) groups is 2. The van der Waals surface area contributed by atoms with Crippen molar-refractivity contribution < 1.29 is 57.2 Å². The van der Waals surface area contributed by atoms with Gasteiger partial charge in [0.25, 0.3) is 0 Å². The van der Waals surface area contributed by atoms with Crippen LogP contribution in [0, 0.1) is 11.6 Å². The molecule has 24 nitrogen and oxygen atoms in total. The molecule has 7 aliphatic heterocycles. The van der Waals surface area contributed by atoms with E-state index in [4.69, 9.17) is 52.4 Å². The summed E-state index contributed by atoms with van der Waals surface area (Å²) in [5.74, 6) is -1.36. The Morgan fingerprint density at radius 2 is 1.22 bits per heavy atom. The van der Waals surface area contributed by atoms with Gasteiger partial charge in [0.2, 0.25) is 0 Å². The maximum atomic E-state index is 14.0. The van der Waals surface area contributed by atoms with Gasteiger partial charge in [-0.25, -0.2) is 42.9 Å². The Morgan fingerprint density at radius 1 is 0.702 bits per heavy atom. The topological polar surface area (TPSA) is 264 Å². The number of amides is 4. The molecular weight excluding hydrogens is 1320 g/mol. The first kappa shape index (κ1) is 64.3. The zero-order chi connectivity index (χ0) is 65.7. The number of anilines is 3. The molecule has 3 aromatic carbocycles. The van der Waals surface area contributed by atoms with E-state index >= 15 is 0 Å². The molecule has 0 radical (unpaired) electrons. The number of piperazine rings is 2. The van der Waals surface area contributed by atoms with Crippen LogP contribution >= 0.6 is 57.2 Å². The van der Waals surface area contributed by atoms with Gasteiger partial charge in [0.15, 0.2) is 26.8 Å². The van der Waals surface area contributed by atoms with Gasteiger partial charge in [-0.2, -0.15) is 0 Å². The quantitative estimate of drug-likeness (QED) is 0.0528. The van der Waals surface area contributed by atoms with E-state index in [1.54, 1.807) is 22.2 Å². The zero-order valence-corrected chi connectivity index (χ0v) is 54.6. The summed E-state index contributed by atoms with van der Waals surface area (Å²) >= 11 is 17.2. The summed E-state index contributed by atoms with van der Waals surface area (Å²) in [7, 11) is 2.60. The van der Waals surface area contributed by atoms with E-state index in [9.17, 15) is 43.0 Å². The Balaban J connectivity index is 0.000000171. The predicted octanol–water partition coefficient (Wildman–Crippen LogP) is 8.01. The molecular formula is C63H62Cl2F2N14O10S3. The molecule has 0 spiro atoms. The van der Waals surface area contributed by atoms with Gasteiger partial charge in [0, 0.05) is 132 Å². The molecule has 490 valence electrons. The number of hydrogen-bond acceptors (Lipinski definition) is 22. The van der Waals surface area contributed by atoms with Gasteiger partial charge in [-0.3, -0.25) is 34.4 Å². The summed E-state index contributed by atoms with van der Waals surface area (Å²) in [5.41, 5.74) is 3.27. The van der Waals surface area contributed by atoms with Crippen LogP contribution in [0.1, 0.15) is 51.6 Å². The highest BCUT2D eigenvalue weighted by Crippen LogP contribution is 2.49. The fourth-order valence-electron chi connectivity index (χ4n) is 12.9. The second kappa shape index (κ2) is 26.8. The van der Waals surface area contributed by atoms with Gasteiger partial charge in [-0.1, -0.05) is 54.0 Å². The van der Waals surface area contributed by atoms with E-state index < -0.39 is 53.1 Å². The number of nitrogens with one attached hydrogen (secondary N) is 2. The fourth-order valence-corrected chi connectivity index (χ4v) is 15.4. The van der Waals surface area contributed by atoms with E-state index in [1.165, 1.54) is 84.6 Å². The van der Waals surface area contributed by atoms with Gasteiger partial charge in [0.05, 0.1) is 62.6 Å². The van der Waals surface area contributed by atoms with E-state index in [0.29, 0.717) is 147 Å². The number of aliphatic carboxylic acids is 1. The Bertz CT molecular complexity index is 4100. The van der Waals surface area contributed by atoms with Gasteiger partial charge in [-0.15, -0.1) is 34.0 Å². The molecule has 5 saturated heterocycles. The monoisotopic (exact) mass is 1380 g/mol. The molecule has 0 bridgehead atoms. The van der Waals surface area contributed by atoms with Gasteiger partial charge < -0.3 is 49.8 Å². The number of carbonyl (C=O) groups is 5. The number of urea groups is 2. The summed E-state index contributed by atoms with van der Waals surface area (Å²) in [6.07, 6.45) is 4.08. The maximum absolute atomic E-state index is 14.0. The molecule has 1 aliphatic carbocycles. The van der Waals surface area contributed by atoms with Crippen molar-refractivity contribution in [3.8, 4) is 0 Å². The molecule has 14 rings (SSSR count). The second-order valence-electron chi connectivity index (χ2n) is 23.5. The smallest absolute Gasteiger partial charge is 0.338 e. The first-order valence-electron chi connectivity index (χ1n) is 30.0. The van der Waals surface area contributed by atoms with Crippen molar-refractivity contribution in [2.45, 2.75) is 48.5 Å². The average Bonchev–Trinajstić information content (AvgIpc) is 1.70. The highest BCUT2D eigenvalue weighted by atomic mass is 35.5. The Hall–Kier alpha value is -8.42. The molecule has 1 saturated carbocycles. The van der Waals surface area contributed by atoms with Crippen molar-refractivity contribution >= 4 is 115 Å². The number of rotatable bonds is 16. The number of carboxylic acid groups (broad SMARTS) is 1. The fraction of sp³-hybridized carbons (Fsp3) is 0.365. The zero-order valence-electron chi connectivity index (χ0n) is 50.6. The minimum atomic E-state index is -0.862. The number of halogens is 4. The number of fused-ring (bicyclic) bond motifs is 2. The van der Waals surface area contributed by atoms with Crippen LogP contribution in [0.2, 0.25) is 10.0 Å². The Morgan fingerprint density at radius 3 is 1.69 bits per heavy atom. The van der Waals surface area contributed by atoms with E-state index in [0.717, 1.165) is 17.1 Å². The summed E-state index contributed by atoms with van der Waals surface area (Å²) < 4.78 is 44.0. The second-order valence-corrected chi connectivity index (χ2v) is 26.9. The van der Waals surface area contributed by atoms with Crippen LogP contribution in [0.15, 0.2) is 134 Å². The van der Waals surface area contributed by atoms with Gasteiger partial charge >= 0.3 is 30.0 Å². The number of carbonyl (C=O) groups excluding carboxylic acids is 4. The standard InChI is InChI=1S/C32H30ClFN6O5S.C31H32ClFN8O5S2/c1-45-29(41)25-24(36-27(28-35-10-13-46-28)37-26(25)22-7-4-19(34)14-23(22)33)17-38-11-12-39-21(15-38)16-40(31(39)44)20-5-2-18(3-6-20)32(8-9-32)30(42)43;1-17(42)23-15-39(8-9-46-23)24-16-48-30(36-24)41-13-19-12-38(6-7-40(19)31(41)44)14-22-25(29(43)45-2)26(20-4-3-18(33)11-21(20)32)37-27(35-22)28-34-5-10-47-28/h2-7,10,13-14,21,26H,8-9,11-12,15-17H2,1H3,(H,36,37)(H,42,43);3-5,10-11,16,19,23,26,42H,1,6-9,12-15H2,2H3,(H,35,37)/t21-,26-;19-,23?,26-/m00/s1. The minimum absolute atomic E-state index is 0.0225. The third-order valence-electron chi connectivity index (χ3n) is 17.8. The van der Waals surface area contributed by atoms with Crippen LogP contribution in [0.3, 0.4) is 0 Å². The predicted molar refractivity (Wildman–Crippen MR) is 350 cm³/mol. The highest BCUT2D eigenvalue weighted by Gasteiger charge is 2.52. The number of morpholine rings is 1. The molecule has 4 N–H and O–H groups in total. The Labute approximate surface area is 559 Å². The third kappa shape index (κ3) is 12.7. The maximum Gasteiger partial charge on any atom is 0.338 e. The summed E-state index contributed by atoms with van der Waals surface area (Å²) in [5, 5.41) is 33.8. The van der Waals surface area contributed by atoms with Crippen molar-refractivity contribution in [3.05, 3.63) is 172 Å². The Kier molecular flexibility index (Phi) is 18.3.